The molecule has 0 saturated carbocycles. The second-order valence-corrected chi connectivity index (χ2v) is 3.34. The maximum Gasteiger partial charge on any atom is 0.361 e. The molecule has 7 heteroatoms. The minimum atomic E-state index is -0.551. The van der Waals surface area contributed by atoms with Gasteiger partial charge in [0.05, 0.1) is 0 Å². The highest BCUT2D eigenvalue weighted by molar-refractivity contribution is 5.79. The number of azo groups is 1. The Kier molecular flexibility index (Phi) is 11.6. The molecule has 0 bridgehead atoms. The quantitative estimate of drug-likeness (QED) is 0.698. The third-order valence-corrected chi connectivity index (χ3v) is 1.39. The number of nitrogens with zero attached hydrogens (tertiary/aromatic N) is 4. The molecule has 0 aliphatic rings. The number of carbonyl (C=O) groups excluding carboxylic acids is 2. The highest BCUT2D eigenvalue weighted by Crippen LogP contribution is 1.89. The highest BCUT2D eigenvalue weighted by Gasteiger charge is 2.03. The van der Waals surface area contributed by atoms with Crippen LogP contribution in [0.5, 0.6) is 0 Å². The minimum absolute atomic E-state index is 0.551. The molecule has 0 radical (unpaired) electrons. The highest BCUT2D eigenvalue weighted by atomic mass is 16.5. The van der Waals surface area contributed by atoms with Crippen LogP contribution in [0.4, 0.5) is 9.59 Å². The van der Waals surface area contributed by atoms with Crippen molar-refractivity contribution in [3.63, 3.8) is 0 Å². The van der Waals surface area contributed by atoms with Crippen LogP contribution in [0.1, 0.15) is 13.8 Å². The van der Waals surface area contributed by atoms with Crippen molar-refractivity contribution in [3.05, 3.63) is 0 Å². The van der Waals surface area contributed by atoms with Crippen LogP contribution in [0.3, 0.4) is 0 Å². The number of carbonyl (C=O) groups is 2. The molecule has 100 valence electrons. The van der Waals surface area contributed by atoms with Crippen molar-refractivity contribution in [2.45, 2.75) is 13.8 Å². The van der Waals surface area contributed by atoms with Crippen LogP contribution in [0, 0.1) is 0 Å². The molecule has 0 spiro atoms. The first-order valence-corrected chi connectivity index (χ1v) is 5.28. The molecule has 17 heavy (non-hydrogen) atoms. The average Bonchev–Trinajstić information content (AvgIpc) is 2.26. The molecule has 0 aromatic heterocycles. The lowest BCUT2D eigenvalue weighted by atomic mass is 10.8. The van der Waals surface area contributed by atoms with Gasteiger partial charge in [-0.2, -0.15) is 0 Å². The summed E-state index contributed by atoms with van der Waals surface area (Å²) in [6, 6.07) is -1.10. The molecule has 0 heterocycles. The number of amides is 4. The van der Waals surface area contributed by atoms with Crippen LogP contribution in [0.2, 0.25) is 0 Å². The number of urea groups is 2. The number of hydrogen-bond donors (Lipinski definition) is 0. The topological polar surface area (TPSA) is 74.6 Å². The molecule has 7 nitrogen and oxygen atoms in total. The van der Waals surface area contributed by atoms with E-state index in [0.29, 0.717) is 0 Å². The first-order valence-electron chi connectivity index (χ1n) is 5.28. The van der Waals surface area contributed by atoms with Crippen molar-refractivity contribution in [3.8, 4) is 0 Å². The monoisotopic (exact) mass is 246 g/mol. The Labute approximate surface area is 102 Å². The normalized spacial score (nSPS) is 9.53. The predicted molar refractivity (Wildman–Crippen MR) is 65.2 cm³/mol. The Balaban J connectivity index is 0. The van der Waals surface area contributed by atoms with E-state index in [0.717, 1.165) is 13.2 Å². The van der Waals surface area contributed by atoms with Gasteiger partial charge in [0.15, 0.2) is 0 Å². The molecular formula is C10H22N4O3. The molecule has 0 rings (SSSR count). The van der Waals surface area contributed by atoms with Gasteiger partial charge in [-0.25, -0.2) is 9.59 Å². The van der Waals surface area contributed by atoms with Gasteiger partial charge in [0.25, 0.3) is 0 Å². The van der Waals surface area contributed by atoms with Gasteiger partial charge in [0.1, 0.15) is 0 Å². The van der Waals surface area contributed by atoms with E-state index in [1.807, 2.05) is 13.8 Å². The number of ether oxygens (including phenoxy) is 1. The van der Waals surface area contributed by atoms with Crippen molar-refractivity contribution in [1.82, 2.24) is 9.80 Å². The fourth-order valence-electron chi connectivity index (χ4n) is 0.469. The fraction of sp³-hybridized carbons (Fsp3) is 0.800. The van der Waals surface area contributed by atoms with E-state index in [4.69, 9.17) is 4.74 Å². The molecule has 0 aliphatic heterocycles. The number of hydrogen-bond acceptors (Lipinski definition) is 3. The zero-order chi connectivity index (χ0) is 13.8. The van der Waals surface area contributed by atoms with E-state index in [2.05, 4.69) is 10.2 Å². The maximum atomic E-state index is 10.8. The molecule has 0 aliphatic carbocycles. The predicted octanol–water partition coefficient (Wildman–Crippen LogP) is 1.84. The third kappa shape index (κ3) is 12.4. The molecule has 0 aromatic rings. The summed E-state index contributed by atoms with van der Waals surface area (Å²) in [7, 11) is 6.12. The summed E-state index contributed by atoms with van der Waals surface area (Å²) in [5, 5.41) is 6.33. The van der Waals surface area contributed by atoms with Gasteiger partial charge < -0.3 is 14.5 Å². The van der Waals surface area contributed by atoms with Crippen LogP contribution in [-0.4, -0.2) is 63.3 Å². The zero-order valence-electron chi connectivity index (χ0n) is 11.4. The zero-order valence-corrected chi connectivity index (χ0v) is 11.4. The van der Waals surface area contributed by atoms with Gasteiger partial charge in [-0.05, 0) is 13.8 Å². The van der Waals surface area contributed by atoms with Gasteiger partial charge in [0.2, 0.25) is 0 Å². The van der Waals surface area contributed by atoms with E-state index >= 15 is 0 Å². The van der Waals surface area contributed by atoms with Gasteiger partial charge in [-0.15, -0.1) is 0 Å². The first-order chi connectivity index (χ1) is 7.86. The Morgan fingerprint density at radius 2 is 1.18 bits per heavy atom. The van der Waals surface area contributed by atoms with Crippen molar-refractivity contribution < 1.29 is 14.3 Å². The lowest BCUT2D eigenvalue weighted by Gasteiger charge is -2.05. The van der Waals surface area contributed by atoms with Crippen molar-refractivity contribution in [2.75, 3.05) is 41.4 Å². The third-order valence-electron chi connectivity index (χ3n) is 1.39. The van der Waals surface area contributed by atoms with Gasteiger partial charge in [-0.3, -0.25) is 0 Å². The molecule has 0 atom stereocenters. The summed E-state index contributed by atoms with van der Waals surface area (Å²) in [5.74, 6) is 0. The Bertz CT molecular complexity index is 228. The van der Waals surface area contributed by atoms with E-state index in [9.17, 15) is 9.59 Å². The summed E-state index contributed by atoms with van der Waals surface area (Å²) >= 11 is 0. The van der Waals surface area contributed by atoms with E-state index < -0.39 is 12.1 Å². The second kappa shape index (κ2) is 11.0. The maximum absolute atomic E-state index is 10.8. The van der Waals surface area contributed by atoms with Crippen molar-refractivity contribution in [2.24, 2.45) is 10.2 Å². The molecule has 0 N–H and O–H groups in total. The largest absolute Gasteiger partial charge is 0.382 e. The summed E-state index contributed by atoms with van der Waals surface area (Å²) in [4.78, 5) is 24.0. The lowest BCUT2D eigenvalue weighted by Crippen LogP contribution is -2.20. The smallest absolute Gasteiger partial charge is 0.361 e. The van der Waals surface area contributed by atoms with Crippen LogP contribution in [-0.2, 0) is 4.74 Å². The summed E-state index contributed by atoms with van der Waals surface area (Å²) in [6.07, 6.45) is 0. The molecule has 0 aromatic carbocycles. The van der Waals surface area contributed by atoms with E-state index in [1.165, 1.54) is 38.0 Å². The molecular weight excluding hydrogens is 224 g/mol. The van der Waals surface area contributed by atoms with Crippen LogP contribution in [0.25, 0.3) is 0 Å². The summed E-state index contributed by atoms with van der Waals surface area (Å²) in [6.45, 7) is 5.67. The molecule has 0 unspecified atom stereocenters. The van der Waals surface area contributed by atoms with Gasteiger partial charge in [-0.1, -0.05) is 10.2 Å². The van der Waals surface area contributed by atoms with Crippen LogP contribution < -0.4 is 0 Å². The first kappa shape index (κ1) is 17.9. The van der Waals surface area contributed by atoms with Gasteiger partial charge in [0, 0.05) is 41.4 Å². The lowest BCUT2D eigenvalue weighted by molar-refractivity contribution is 0.162. The molecule has 0 fully saturated rings. The average molecular weight is 246 g/mol. The summed E-state index contributed by atoms with van der Waals surface area (Å²) < 4.78 is 4.83. The Hall–Kier alpha value is -1.50. The number of rotatable bonds is 2. The Morgan fingerprint density at radius 1 is 0.882 bits per heavy atom. The molecule has 4 amide bonds. The molecule has 0 saturated heterocycles. The van der Waals surface area contributed by atoms with E-state index in [1.54, 1.807) is 0 Å². The summed E-state index contributed by atoms with van der Waals surface area (Å²) in [5.41, 5.74) is 0. The minimum Gasteiger partial charge on any atom is -0.382 e. The van der Waals surface area contributed by atoms with Crippen molar-refractivity contribution >= 4 is 12.1 Å². The Morgan fingerprint density at radius 3 is 1.29 bits per heavy atom. The SMILES string of the molecule is CCOCC.CN(C)C(=O)N=NC(=O)N(C)C. The van der Waals surface area contributed by atoms with Crippen LogP contribution >= 0.6 is 0 Å². The second-order valence-electron chi connectivity index (χ2n) is 3.34. The van der Waals surface area contributed by atoms with Crippen LogP contribution in [0.15, 0.2) is 10.2 Å². The van der Waals surface area contributed by atoms with E-state index in [-0.39, 0.29) is 0 Å². The standard InChI is InChI=1S/C6H12N4O2.C4H10O/c1-9(2)5(11)7-8-6(12)10(3)4;1-3-5-4-2/h1-4H3;3-4H2,1-2H3. The van der Waals surface area contributed by atoms with Crippen molar-refractivity contribution in [1.29, 1.82) is 0 Å². The van der Waals surface area contributed by atoms with Gasteiger partial charge >= 0.3 is 12.1 Å². The fourth-order valence-corrected chi connectivity index (χ4v) is 0.469.